The SMILES string of the molecule is CCCCCCCCCCCCCCCCCCOc1ccc(C(=O)Oc2ccc([C@]3(C)CC(c4ccc(C=O)cc4)[C@H](C)N3[O])cc2)cc1. The van der Waals surface area contributed by atoms with Gasteiger partial charge >= 0.3 is 5.97 Å². The van der Waals surface area contributed by atoms with Gasteiger partial charge in [-0.1, -0.05) is 140 Å². The lowest BCUT2D eigenvalue weighted by Gasteiger charge is -2.30. The number of hydroxylamine groups is 2. The zero-order valence-corrected chi connectivity index (χ0v) is 30.9. The molecule has 1 unspecified atom stereocenters. The zero-order valence-electron chi connectivity index (χ0n) is 30.9. The minimum Gasteiger partial charge on any atom is -0.494 e. The van der Waals surface area contributed by atoms with Gasteiger partial charge in [0, 0.05) is 17.5 Å². The van der Waals surface area contributed by atoms with E-state index in [0.717, 1.165) is 29.6 Å². The van der Waals surface area contributed by atoms with Gasteiger partial charge in [-0.15, -0.1) is 10.3 Å². The fraction of sp³-hybridized carbons (Fsp3) is 0.545. The third kappa shape index (κ3) is 11.8. The lowest BCUT2D eigenvalue weighted by molar-refractivity contribution is -0.226. The van der Waals surface area contributed by atoms with Gasteiger partial charge in [-0.3, -0.25) is 4.79 Å². The van der Waals surface area contributed by atoms with Crippen molar-refractivity contribution < 1.29 is 24.3 Å². The minimum absolute atomic E-state index is 0.0385. The van der Waals surface area contributed by atoms with Gasteiger partial charge in [-0.05, 0) is 74.2 Å². The first-order valence-corrected chi connectivity index (χ1v) is 19.4. The summed E-state index contributed by atoms with van der Waals surface area (Å²) in [4.78, 5) is 23.9. The lowest BCUT2D eigenvalue weighted by Crippen LogP contribution is -2.38. The van der Waals surface area contributed by atoms with Crippen LogP contribution in [0.4, 0.5) is 0 Å². The van der Waals surface area contributed by atoms with Crippen molar-refractivity contribution in [2.75, 3.05) is 6.61 Å². The first-order valence-electron chi connectivity index (χ1n) is 19.4. The number of aldehydes is 1. The quantitative estimate of drug-likeness (QED) is 0.0431. The Balaban J connectivity index is 1.09. The van der Waals surface area contributed by atoms with Gasteiger partial charge in [0.1, 0.15) is 17.8 Å². The van der Waals surface area contributed by atoms with Crippen LogP contribution in [0.1, 0.15) is 168 Å². The number of benzene rings is 3. The third-order valence-electron chi connectivity index (χ3n) is 10.6. The Hall–Kier alpha value is -3.48. The fourth-order valence-corrected chi connectivity index (χ4v) is 7.34. The zero-order chi connectivity index (χ0) is 35.6. The molecule has 0 bridgehead atoms. The molecule has 3 aromatic rings. The first kappa shape index (κ1) is 39.3. The highest BCUT2D eigenvalue weighted by Gasteiger charge is 2.49. The second kappa shape index (κ2) is 21.0. The van der Waals surface area contributed by atoms with E-state index in [9.17, 15) is 14.8 Å². The number of hydrogen-bond donors (Lipinski definition) is 0. The molecule has 1 heterocycles. The van der Waals surface area contributed by atoms with Crippen LogP contribution in [0.5, 0.6) is 11.5 Å². The summed E-state index contributed by atoms with van der Waals surface area (Å²) in [6.07, 6.45) is 23.0. The molecule has 3 atom stereocenters. The van der Waals surface area contributed by atoms with Crippen LogP contribution in [0.3, 0.4) is 0 Å². The highest BCUT2D eigenvalue weighted by Crippen LogP contribution is 2.48. The van der Waals surface area contributed by atoms with Crippen molar-refractivity contribution in [3.8, 4) is 11.5 Å². The maximum atomic E-state index is 13.4. The van der Waals surface area contributed by atoms with Crippen LogP contribution in [0.2, 0.25) is 0 Å². The van der Waals surface area contributed by atoms with Crippen LogP contribution < -0.4 is 9.47 Å². The first-order chi connectivity index (χ1) is 24.4. The largest absolute Gasteiger partial charge is 0.494 e. The van der Waals surface area contributed by atoms with Crippen molar-refractivity contribution in [2.45, 2.75) is 147 Å². The molecule has 1 radical (unpaired) electrons. The van der Waals surface area contributed by atoms with Crippen molar-refractivity contribution in [1.82, 2.24) is 5.06 Å². The predicted molar refractivity (Wildman–Crippen MR) is 201 cm³/mol. The molecular formula is C44H60NO5. The monoisotopic (exact) mass is 682 g/mol. The van der Waals surface area contributed by atoms with Crippen molar-refractivity contribution in [1.29, 1.82) is 0 Å². The van der Waals surface area contributed by atoms with E-state index in [1.807, 2.05) is 50.2 Å². The molecule has 50 heavy (non-hydrogen) atoms. The Morgan fingerprint density at radius 2 is 1.22 bits per heavy atom. The molecule has 4 rings (SSSR count). The summed E-state index contributed by atoms with van der Waals surface area (Å²) in [6, 6.07) is 21.6. The molecule has 0 aliphatic carbocycles. The van der Waals surface area contributed by atoms with Crippen LogP contribution in [-0.2, 0) is 10.7 Å². The number of carbonyl (C=O) groups excluding carboxylic acids is 2. The Morgan fingerprint density at radius 3 is 1.74 bits per heavy atom. The van der Waals surface area contributed by atoms with E-state index in [-0.39, 0.29) is 12.0 Å². The fourth-order valence-electron chi connectivity index (χ4n) is 7.34. The average Bonchev–Trinajstić information content (AvgIpc) is 3.38. The molecule has 6 heteroatoms. The molecule has 0 aromatic heterocycles. The number of unbranched alkanes of at least 4 members (excludes halogenated alkanes) is 15. The molecule has 0 N–H and O–H groups in total. The topological polar surface area (TPSA) is 75.7 Å². The second-order valence-corrected chi connectivity index (χ2v) is 14.5. The van der Waals surface area contributed by atoms with Gasteiger partial charge in [0.15, 0.2) is 0 Å². The third-order valence-corrected chi connectivity index (χ3v) is 10.6. The summed E-state index contributed by atoms with van der Waals surface area (Å²) in [7, 11) is 0. The average molecular weight is 683 g/mol. The molecule has 6 nitrogen and oxygen atoms in total. The van der Waals surface area contributed by atoms with Gasteiger partial charge in [0.2, 0.25) is 0 Å². The van der Waals surface area contributed by atoms with Crippen molar-refractivity contribution >= 4 is 12.3 Å². The number of esters is 1. The highest BCUT2D eigenvalue weighted by molar-refractivity contribution is 5.91. The van der Waals surface area contributed by atoms with Crippen molar-refractivity contribution in [3.05, 3.63) is 95.1 Å². The van der Waals surface area contributed by atoms with E-state index in [1.165, 1.54) is 101 Å². The minimum atomic E-state index is -0.724. The maximum absolute atomic E-state index is 13.4. The number of rotatable bonds is 23. The summed E-state index contributed by atoms with van der Waals surface area (Å²) in [5, 5.41) is 14.6. The molecule has 1 aliphatic rings. The van der Waals surface area contributed by atoms with E-state index in [4.69, 9.17) is 9.47 Å². The highest BCUT2D eigenvalue weighted by atomic mass is 16.5. The normalized spacial score (nSPS) is 19.0. The summed E-state index contributed by atoms with van der Waals surface area (Å²) in [5.41, 5.74) is 2.27. The summed E-state index contributed by atoms with van der Waals surface area (Å²) < 4.78 is 11.6. The van der Waals surface area contributed by atoms with Crippen LogP contribution in [-0.4, -0.2) is 30.0 Å². The van der Waals surface area contributed by atoms with Crippen LogP contribution in [0.15, 0.2) is 72.8 Å². The Kier molecular flexibility index (Phi) is 16.5. The predicted octanol–water partition coefficient (Wildman–Crippen LogP) is 11.8. The van der Waals surface area contributed by atoms with Gasteiger partial charge in [-0.2, -0.15) is 0 Å². The van der Waals surface area contributed by atoms with E-state index in [0.29, 0.717) is 29.9 Å². The number of nitrogens with zero attached hydrogens (tertiary/aromatic N) is 1. The molecule has 0 amide bonds. The number of hydrogen-bond acceptors (Lipinski definition) is 5. The summed E-state index contributed by atoms with van der Waals surface area (Å²) in [5.74, 6) is 0.783. The van der Waals surface area contributed by atoms with E-state index in [1.54, 1.807) is 36.4 Å². The van der Waals surface area contributed by atoms with Crippen molar-refractivity contribution in [3.63, 3.8) is 0 Å². The molecule has 1 saturated heterocycles. The molecule has 3 aromatic carbocycles. The van der Waals surface area contributed by atoms with E-state index in [2.05, 4.69) is 6.92 Å². The van der Waals surface area contributed by atoms with Crippen LogP contribution in [0, 0.1) is 0 Å². The Morgan fingerprint density at radius 1 is 0.720 bits per heavy atom. The number of carbonyl (C=O) groups is 2. The molecular weight excluding hydrogens is 622 g/mol. The molecule has 0 spiro atoms. The lowest BCUT2D eigenvalue weighted by atomic mass is 9.83. The summed E-state index contributed by atoms with van der Waals surface area (Å²) >= 11 is 0. The van der Waals surface area contributed by atoms with Gasteiger partial charge in [-0.25, -0.2) is 4.79 Å². The maximum Gasteiger partial charge on any atom is 0.343 e. The van der Waals surface area contributed by atoms with Crippen LogP contribution in [0.25, 0.3) is 0 Å². The molecule has 0 saturated carbocycles. The van der Waals surface area contributed by atoms with E-state index < -0.39 is 11.5 Å². The Bertz CT molecular complexity index is 1400. The van der Waals surface area contributed by atoms with E-state index >= 15 is 0 Å². The number of ether oxygens (including phenoxy) is 2. The van der Waals surface area contributed by atoms with Crippen LogP contribution >= 0.6 is 0 Å². The Labute approximate surface area is 301 Å². The second-order valence-electron chi connectivity index (χ2n) is 14.5. The molecule has 1 aliphatic heterocycles. The standard InChI is InChI=1S/C44H60NO5/c1-4-5-6-7-8-9-10-11-12-13-14-15-16-17-18-19-32-49-40-28-24-38(25-29-40)43(47)50-41-30-26-39(27-31-41)44(3)33-42(35(2)45(44)48)37-22-20-36(34-46)21-23-37/h20-31,34-35,42H,4-19,32-33H2,1-3H3/t35-,42?,44-/m0/s1. The summed E-state index contributed by atoms with van der Waals surface area (Å²) in [6.45, 7) is 6.87. The van der Waals surface area contributed by atoms with Gasteiger partial charge in [0.25, 0.3) is 0 Å². The molecule has 1 fully saturated rings. The van der Waals surface area contributed by atoms with Gasteiger partial charge < -0.3 is 9.47 Å². The van der Waals surface area contributed by atoms with Gasteiger partial charge in [0.05, 0.1) is 17.7 Å². The smallest absolute Gasteiger partial charge is 0.343 e. The molecule has 271 valence electrons. The van der Waals surface area contributed by atoms with Crippen molar-refractivity contribution in [2.24, 2.45) is 0 Å².